The normalized spacial score (nSPS) is 17.6. The number of rotatable bonds is 2. The highest BCUT2D eigenvalue weighted by atomic mass is 16.2. The molecule has 4 N–H and O–H groups in total. The molecule has 1 aliphatic rings. The lowest BCUT2D eigenvalue weighted by Gasteiger charge is -2.26. The molecule has 15 heavy (non-hydrogen) atoms. The molecule has 0 radical (unpaired) electrons. The summed E-state index contributed by atoms with van der Waals surface area (Å²) in [6.45, 7) is 1.81. The predicted octanol–water partition coefficient (Wildman–Crippen LogP) is 0.123. The predicted molar refractivity (Wildman–Crippen MR) is 55.9 cm³/mol. The van der Waals surface area contributed by atoms with Crippen LogP contribution in [0.5, 0.6) is 0 Å². The van der Waals surface area contributed by atoms with E-state index in [1.165, 1.54) is 12.6 Å². The summed E-state index contributed by atoms with van der Waals surface area (Å²) >= 11 is 0. The van der Waals surface area contributed by atoms with Crippen LogP contribution in [0.25, 0.3) is 0 Å². The number of hydrazine groups is 1. The Morgan fingerprint density at radius 1 is 1.47 bits per heavy atom. The molecule has 82 valence electrons. The first-order chi connectivity index (χ1) is 7.27. The van der Waals surface area contributed by atoms with Gasteiger partial charge in [0.25, 0.3) is 5.91 Å². The molecule has 0 saturated carbocycles. The topological polar surface area (TPSA) is 87.0 Å². The van der Waals surface area contributed by atoms with Gasteiger partial charge in [-0.2, -0.15) is 5.10 Å². The third-order valence-electron chi connectivity index (χ3n) is 2.51. The molecule has 6 heteroatoms. The summed E-state index contributed by atoms with van der Waals surface area (Å²) in [6.07, 6.45) is 4.92. The minimum absolute atomic E-state index is 0.216. The fraction of sp³-hybridized carbons (Fsp3) is 0.556. The van der Waals surface area contributed by atoms with Gasteiger partial charge in [-0.25, -0.2) is 5.01 Å². The first-order valence-corrected chi connectivity index (χ1v) is 5.12. The molecule has 0 atom stereocenters. The summed E-state index contributed by atoms with van der Waals surface area (Å²) in [5, 5.41) is 8.21. The number of aromatic nitrogens is 2. The van der Waals surface area contributed by atoms with Gasteiger partial charge in [0, 0.05) is 13.1 Å². The molecule has 0 unspecified atom stereocenters. The Labute approximate surface area is 87.8 Å². The Morgan fingerprint density at radius 3 is 2.80 bits per heavy atom. The number of nitrogens with zero attached hydrogens (tertiary/aromatic N) is 2. The van der Waals surface area contributed by atoms with Crippen LogP contribution in [0.1, 0.15) is 29.8 Å². The van der Waals surface area contributed by atoms with Crippen LogP contribution in [0.15, 0.2) is 6.20 Å². The molecule has 0 aliphatic carbocycles. The van der Waals surface area contributed by atoms with E-state index < -0.39 is 0 Å². The Bertz CT molecular complexity index is 342. The van der Waals surface area contributed by atoms with Crippen molar-refractivity contribution in [1.29, 1.82) is 0 Å². The number of nitrogens with two attached hydrogens (primary N) is 1. The Balaban J connectivity index is 1.94. The average Bonchev–Trinajstić information content (AvgIpc) is 2.66. The van der Waals surface area contributed by atoms with Crippen LogP contribution in [-0.2, 0) is 0 Å². The van der Waals surface area contributed by atoms with Crippen LogP contribution in [0.4, 0.5) is 5.69 Å². The Kier molecular flexibility index (Phi) is 2.86. The summed E-state index contributed by atoms with van der Waals surface area (Å²) in [5.41, 5.74) is 9.09. The number of hydrogen-bond acceptors (Lipinski definition) is 4. The van der Waals surface area contributed by atoms with Gasteiger partial charge in [0.15, 0.2) is 0 Å². The number of anilines is 1. The van der Waals surface area contributed by atoms with Gasteiger partial charge in [-0.15, -0.1) is 0 Å². The number of H-pyrrole nitrogens is 1. The standard InChI is InChI=1S/C9H15N5O/c10-7-6-11-12-8(7)9(15)13-14-4-2-1-3-5-14/h6H,1-5,10H2,(H,11,12)(H,13,15). The highest BCUT2D eigenvalue weighted by Gasteiger charge is 2.16. The maximum absolute atomic E-state index is 11.7. The molecule has 1 amide bonds. The molecule has 1 fully saturated rings. The van der Waals surface area contributed by atoms with Crippen molar-refractivity contribution in [2.45, 2.75) is 19.3 Å². The van der Waals surface area contributed by atoms with Gasteiger partial charge in [-0.3, -0.25) is 15.3 Å². The number of carbonyl (C=O) groups excluding carboxylic acids is 1. The number of carbonyl (C=O) groups is 1. The first-order valence-electron chi connectivity index (χ1n) is 5.12. The van der Waals surface area contributed by atoms with E-state index in [-0.39, 0.29) is 5.91 Å². The zero-order valence-electron chi connectivity index (χ0n) is 8.49. The van der Waals surface area contributed by atoms with Gasteiger partial charge in [0.05, 0.1) is 11.9 Å². The van der Waals surface area contributed by atoms with Crippen LogP contribution in [0, 0.1) is 0 Å². The molecular formula is C9H15N5O. The highest BCUT2D eigenvalue weighted by Crippen LogP contribution is 2.09. The third kappa shape index (κ3) is 2.27. The van der Waals surface area contributed by atoms with E-state index in [4.69, 9.17) is 5.73 Å². The highest BCUT2D eigenvalue weighted by molar-refractivity contribution is 5.96. The molecule has 6 nitrogen and oxygen atoms in total. The van der Waals surface area contributed by atoms with Crippen molar-refractivity contribution in [3.05, 3.63) is 11.9 Å². The summed E-state index contributed by atoms with van der Waals surface area (Å²) in [4.78, 5) is 11.7. The molecule has 0 spiro atoms. The summed E-state index contributed by atoms with van der Waals surface area (Å²) in [6, 6.07) is 0. The van der Waals surface area contributed by atoms with Crippen LogP contribution in [0.2, 0.25) is 0 Å². The Morgan fingerprint density at radius 2 is 2.20 bits per heavy atom. The van der Waals surface area contributed by atoms with Crippen molar-refractivity contribution in [2.75, 3.05) is 18.8 Å². The maximum atomic E-state index is 11.7. The van der Waals surface area contributed by atoms with Crippen LogP contribution >= 0.6 is 0 Å². The van der Waals surface area contributed by atoms with Crippen molar-refractivity contribution < 1.29 is 4.79 Å². The Hall–Kier alpha value is -1.56. The lowest BCUT2D eigenvalue weighted by Crippen LogP contribution is -2.45. The van der Waals surface area contributed by atoms with E-state index in [1.807, 2.05) is 5.01 Å². The molecule has 2 heterocycles. The maximum Gasteiger partial charge on any atom is 0.285 e. The number of nitrogens with one attached hydrogen (secondary N) is 2. The van der Waals surface area contributed by atoms with E-state index >= 15 is 0 Å². The van der Waals surface area contributed by atoms with Crippen molar-refractivity contribution in [3.63, 3.8) is 0 Å². The van der Waals surface area contributed by atoms with E-state index in [1.54, 1.807) is 0 Å². The number of amides is 1. The molecule has 1 aromatic rings. The largest absolute Gasteiger partial charge is 0.396 e. The smallest absolute Gasteiger partial charge is 0.285 e. The summed E-state index contributed by atoms with van der Waals surface area (Å²) in [7, 11) is 0. The zero-order valence-corrected chi connectivity index (χ0v) is 8.49. The SMILES string of the molecule is Nc1cn[nH]c1C(=O)NN1CCCCC1. The quantitative estimate of drug-likeness (QED) is 0.645. The molecule has 2 rings (SSSR count). The van der Waals surface area contributed by atoms with Gasteiger partial charge in [-0.1, -0.05) is 6.42 Å². The monoisotopic (exact) mass is 209 g/mol. The third-order valence-corrected chi connectivity index (χ3v) is 2.51. The molecule has 0 aromatic carbocycles. The fourth-order valence-corrected chi connectivity index (χ4v) is 1.68. The minimum atomic E-state index is -0.216. The van der Waals surface area contributed by atoms with Crippen molar-refractivity contribution in [1.82, 2.24) is 20.6 Å². The average molecular weight is 209 g/mol. The van der Waals surface area contributed by atoms with Gasteiger partial charge < -0.3 is 5.73 Å². The van der Waals surface area contributed by atoms with E-state index in [2.05, 4.69) is 15.6 Å². The minimum Gasteiger partial charge on any atom is -0.396 e. The second kappa shape index (κ2) is 4.31. The number of piperidine rings is 1. The second-order valence-electron chi connectivity index (χ2n) is 3.69. The molecule has 0 bridgehead atoms. The number of nitrogen functional groups attached to an aromatic ring is 1. The van der Waals surface area contributed by atoms with Gasteiger partial charge >= 0.3 is 0 Å². The lowest BCUT2D eigenvalue weighted by molar-refractivity contribution is 0.0745. The zero-order chi connectivity index (χ0) is 10.7. The van der Waals surface area contributed by atoms with Gasteiger partial charge in [-0.05, 0) is 12.8 Å². The molecule has 1 aliphatic heterocycles. The molecule has 1 saturated heterocycles. The lowest BCUT2D eigenvalue weighted by atomic mass is 10.2. The summed E-state index contributed by atoms with van der Waals surface area (Å²) < 4.78 is 0. The van der Waals surface area contributed by atoms with Crippen molar-refractivity contribution in [3.8, 4) is 0 Å². The second-order valence-corrected chi connectivity index (χ2v) is 3.69. The van der Waals surface area contributed by atoms with Gasteiger partial charge in [0.1, 0.15) is 5.69 Å². The first kappa shape index (κ1) is 9.97. The van der Waals surface area contributed by atoms with Crippen molar-refractivity contribution >= 4 is 11.6 Å². The van der Waals surface area contributed by atoms with Crippen LogP contribution in [0.3, 0.4) is 0 Å². The van der Waals surface area contributed by atoms with E-state index in [0.29, 0.717) is 11.4 Å². The van der Waals surface area contributed by atoms with Crippen LogP contribution in [-0.4, -0.2) is 34.2 Å². The number of aromatic amines is 1. The van der Waals surface area contributed by atoms with E-state index in [0.717, 1.165) is 25.9 Å². The molecular weight excluding hydrogens is 194 g/mol. The number of hydrogen-bond donors (Lipinski definition) is 3. The van der Waals surface area contributed by atoms with Gasteiger partial charge in [0.2, 0.25) is 0 Å². The van der Waals surface area contributed by atoms with Crippen molar-refractivity contribution in [2.24, 2.45) is 0 Å². The molecule has 1 aromatic heterocycles. The fourth-order valence-electron chi connectivity index (χ4n) is 1.68. The van der Waals surface area contributed by atoms with E-state index in [9.17, 15) is 4.79 Å². The van der Waals surface area contributed by atoms with Crippen LogP contribution < -0.4 is 11.2 Å². The summed E-state index contributed by atoms with van der Waals surface area (Å²) in [5.74, 6) is -0.216.